The zero-order valence-corrected chi connectivity index (χ0v) is 12.4. The summed E-state index contributed by atoms with van der Waals surface area (Å²) in [6.45, 7) is 8.30. The molecule has 0 radical (unpaired) electrons. The number of nitrogens with one attached hydrogen (secondary N) is 1. The average molecular weight is 261 g/mol. The van der Waals surface area contributed by atoms with Gasteiger partial charge in [0.05, 0.1) is 11.0 Å². The number of nitrogens with zero attached hydrogens (tertiary/aromatic N) is 2. The lowest BCUT2D eigenvalue weighted by molar-refractivity contribution is 0.496. The Morgan fingerprint density at radius 2 is 1.84 bits per heavy atom. The Kier molecular flexibility index (Phi) is 3.69. The third-order valence-electron chi connectivity index (χ3n) is 3.74. The number of benzene rings is 1. The van der Waals surface area contributed by atoms with Crippen LogP contribution < -0.4 is 11.0 Å². The maximum atomic E-state index is 12.6. The first kappa shape index (κ1) is 13.7. The third-order valence-corrected chi connectivity index (χ3v) is 3.74. The number of rotatable bonds is 4. The summed E-state index contributed by atoms with van der Waals surface area (Å²) < 4.78 is 3.79. The van der Waals surface area contributed by atoms with Crippen molar-refractivity contribution >= 4 is 16.7 Å². The van der Waals surface area contributed by atoms with Gasteiger partial charge in [-0.1, -0.05) is 6.92 Å². The van der Waals surface area contributed by atoms with Crippen molar-refractivity contribution in [1.29, 1.82) is 0 Å². The van der Waals surface area contributed by atoms with Crippen LogP contribution in [-0.4, -0.2) is 16.2 Å². The van der Waals surface area contributed by atoms with Crippen LogP contribution in [0.3, 0.4) is 0 Å². The summed E-state index contributed by atoms with van der Waals surface area (Å²) in [6.07, 6.45) is 0.949. The van der Waals surface area contributed by atoms with Crippen molar-refractivity contribution in [2.24, 2.45) is 0 Å². The zero-order chi connectivity index (χ0) is 14.2. The lowest BCUT2D eigenvalue weighted by atomic mass is 10.2. The molecule has 1 aromatic carbocycles. The van der Waals surface area contributed by atoms with E-state index in [-0.39, 0.29) is 17.8 Å². The molecule has 2 rings (SSSR count). The van der Waals surface area contributed by atoms with Gasteiger partial charge in [0.1, 0.15) is 0 Å². The van der Waals surface area contributed by atoms with E-state index in [1.165, 1.54) is 0 Å². The van der Waals surface area contributed by atoms with Gasteiger partial charge in [0.2, 0.25) is 0 Å². The summed E-state index contributed by atoms with van der Waals surface area (Å²) in [5.41, 5.74) is 3.15. The molecule has 1 aromatic heterocycles. The average Bonchev–Trinajstić information content (AvgIpc) is 2.68. The van der Waals surface area contributed by atoms with Crippen LogP contribution in [0.2, 0.25) is 0 Å². The minimum atomic E-state index is 0.0904. The summed E-state index contributed by atoms with van der Waals surface area (Å²) >= 11 is 0. The van der Waals surface area contributed by atoms with Gasteiger partial charge in [-0.25, -0.2) is 4.79 Å². The van der Waals surface area contributed by atoms with E-state index in [1.807, 2.05) is 42.2 Å². The normalized spacial score (nSPS) is 13.2. The smallest absolute Gasteiger partial charge is 0.329 e. The number of aromatic nitrogens is 2. The van der Waals surface area contributed by atoms with E-state index in [4.69, 9.17) is 0 Å². The molecule has 1 N–H and O–H groups in total. The molecule has 104 valence electrons. The second-order valence-electron chi connectivity index (χ2n) is 5.33. The van der Waals surface area contributed by atoms with Gasteiger partial charge in [-0.3, -0.25) is 9.13 Å². The Morgan fingerprint density at radius 3 is 2.37 bits per heavy atom. The van der Waals surface area contributed by atoms with Crippen LogP contribution in [0, 0.1) is 0 Å². The maximum Gasteiger partial charge on any atom is 0.329 e. The number of hydrogen-bond acceptors (Lipinski definition) is 2. The number of imidazole rings is 1. The highest BCUT2D eigenvalue weighted by Crippen LogP contribution is 2.24. The zero-order valence-electron chi connectivity index (χ0n) is 12.4. The van der Waals surface area contributed by atoms with Crippen LogP contribution >= 0.6 is 0 Å². The lowest BCUT2D eigenvalue weighted by Gasteiger charge is -2.10. The van der Waals surface area contributed by atoms with Gasteiger partial charge in [0.25, 0.3) is 0 Å². The summed E-state index contributed by atoms with van der Waals surface area (Å²) in [6, 6.07) is 6.48. The van der Waals surface area contributed by atoms with Crippen molar-refractivity contribution in [2.75, 3.05) is 12.4 Å². The van der Waals surface area contributed by atoms with Crippen LogP contribution in [0.1, 0.15) is 46.2 Å². The monoisotopic (exact) mass is 261 g/mol. The molecule has 19 heavy (non-hydrogen) atoms. The molecule has 0 spiro atoms. The van der Waals surface area contributed by atoms with E-state index < -0.39 is 0 Å². The Bertz CT molecular complexity index is 637. The molecule has 1 unspecified atom stereocenters. The van der Waals surface area contributed by atoms with E-state index in [1.54, 1.807) is 0 Å². The minimum absolute atomic E-state index is 0.0904. The lowest BCUT2D eigenvalue weighted by Crippen LogP contribution is -2.27. The van der Waals surface area contributed by atoms with Crippen LogP contribution in [-0.2, 0) is 0 Å². The molecule has 1 heterocycles. The first-order chi connectivity index (χ1) is 9.01. The van der Waals surface area contributed by atoms with E-state index in [0.29, 0.717) is 0 Å². The molecule has 2 aromatic rings. The van der Waals surface area contributed by atoms with Crippen molar-refractivity contribution < 1.29 is 0 Å². The topological polar surface area (TPSA) is 39.0 Å². The molecule has 0 aliphatic rings. The fraction of sp³-hybridized carbons (Fsp3) is 0.533. The molecule has 0 aliphatic carbocycles. The van der Waals surface area contributed by atoms with Crippen LogP contribution in [0.15, 0.2) is 23.0 Å². The van der Waals surface area contributed by atoms with Crippen molar-refractivity contribution in [1.82, 2.24) is 9.13 Å². The molecule has 0 saturated carbocycles. The molecule has 0 fully saturated rings. The summed E-state index contributed by atoms with van der Waals surface area (Å²) in [5.74, 6) is 0. The molecule has 0 saturated heterocycles. The maximum absolute atomic E-state index is 12.6. The Hall–Kier alpha value is -1.71. The predicted octanol–water partition coefficient (Wildman–Crippen LogP) is 3.40. The molecule has 1 atom stereocenters. The van der Waals surface area contributed by atoms with Gasteiger partial charge in [0.15, 0.2) is 0 Å². The van der Waals surface area contributed by atoms with Crippen molar-refractivity contribution in [2.45, 2.75) is 46.2 Å². The van der Waals surface area contributed by atoms with E-state index in [9.17, 15) is 4.79 Å². The van der Waals surface area contributed by atoms with Gasteiger partial charge in [-0.05, 0) is 45.4 Å². The van der Waals surface area contributed by atoms with Crippen molar-refractivity contribution in [3.05, 3.63) is 28.7 Å². The molecular weight excluding hydrogens is 238 g/mol. The fourth-order valence-corrected chi connectivity index (χ4v) is 2.51. The van der Waals surface area contributed by atoms with E-state index in [0.717, 1.165) is 23.1 Å². The highest BCUT2D eigenvalue weighted by molar-refractivity contribution is 5.80. The molecule has 4 nitrogen and oxygen atoms in total. The van der Waals surface area contributed by atoms with Gasteiger partial charge < -0.3 is 5.32 Å². The second-order valence-corrected chi connectivity index (χ2v) is 5.33. The first-order valence-corrected chi connectivity index (χ1v) is 6.95. The fourth-order valence-electron chi connectivity index (χ4n) is 2.51. The van der Waals surface area contributed by atoms with Gasteiger partial charge >= 0.3 is 5.69 Å². The highest BCUT2D eigenvalue weighted by atomic mass is 16.1. The number of hydrogen-bond donors (Lipinski definition) is 1. The van der Waals surface area contributed by atoms with Crippen LogP contribution in [0.4, 0.5) is 5.69 Å². The van der Waals surface area contributed by atoms with Crippen LogP contribution in [0.25, 0.3) is 11.0 Å². The Balaban J connectivity index is 2.84. The van der Waals surface area contributed by atoms with Gasteiger partial charge in [-0.2, -0.15) is 0 Å². The van der Waals surface area contributed by atoms with E-state index in [2.05, 4.69) is 25.2 Å². The first-order valence-electron chi connectivity index (χ1n) is 6.95. The molecule has 4 heteroatoms. The largest absolute Gasteiger partial charge is 0.388 e. The number of anilines is 1. The minimum Gasteiger partial charge on any atom is -0.388 e. The SMILES string of the molecule is CCC(C)n1c(=O)n(C(C)C)c2cc(NC)ccc21. The van der Waals surface area contributed by atoms with Gasteiger partial charge in [-0.15, -0.1) is 0 Å². The number of fused-ring (bicyclic) bond motifs is 1. The Labute approximate surface area is 114 Å². The quantitative estimate of drug-likeness (QED) is 0.916. The van der Waals surface area contributed by atoms with Crippen LogP contribution in [0.5, 0.6) is 0 Å². The predicted molar refractivity (Wildman–Crippen MR) is 81.1 cm³/mol. The van der Waals surface area contributed by atoms with Crippen molar-refractivity contribution in [3.63, 3.8) is 0 Å². The van der Waals surface area contributed by atoms with Gasteiger partial charge in [0, 0.05) is 24.8 Å². The Morgan fingerprint density at radius 1 is 1.16 bits per heavy atom. The summed E-state index contributed by atoms with van der Waals surface area (Å²) in [7, 11) is 1.89. The molecular formula is C15H23N3O. The highest BCUT2D eigenvalue weighted by Gasteiger charge is 2.18. The molecule has 0 aliphatic heterocycles. The summed E-state index contributed by atoms with van der Waals surface area (Å²) in [5, 5.41) is 3.13. The van der Waals surface area contributed by atoms with Crippen molar-refractivity contribution in [3.8, 4) is 0 Å². The summed E-state index contributed by atoms with van der Waals surface area (Å²) in [4.78, 5) is 12.6. The molecule has 0 amide bonds. The van der Waals surface area contributed by atoms with E-state index >= 15 is 0 Å². The molecule has 0 bridgehead atoms. The third kappa shape index (κ3) is 2.15. The second kappa shape index (κ2) is 5.11. The standard InChI is InChI=1S/C15H23N3O/c1-6-11(4)18-13-8-7-12(16-5)9-14(13)17(10(2)3)15(18)19/h7-11,16H,6H2,1-5H3.